The summed E-state index contributed by atoms with van der Waals surface area (Å²) in [7, 11) is 4.11. The van der Waals surface area contributed by atoms with Gasteiger partial charge in [-0.25, -0.2) is 4.99 Å². The average molecular weight is 419 g/mol. The second-order valence-electron chi connectivity index (χ2n) is 8.35. The van der Waals surface area contributed by atoms with Crippen molar-refractivity contribution in [1.29, 1.82) is 0 Å². The van der Waals surface area contributed by atoms with E-state index in [2.05, 4.69) is 85.7 Å². The fourth-order valence-electron chi connectivity index (χ4n) is 4.29. The summed E-state index contributed by atoms with van der Waals surface area (Å²) in [5, 5.41) is 9.17. The lowest BCUT2D eigenvalue weighted by molar-refractivity contribution is 0.299. The largest absolute Gasteiger partial charge is 0.396 e. The molecule has 0 aliphatic heterocycles. The smallest absolute Gasteiger partial charge is 0.0794 e. The van der Waals surface area contributed by atoms with Crippen molar-refractivity contribution >= 4 is 17.1 Å². The molecule has 1 N–H and O–H groups in total. The fourth-order valence-corrected chi connectivity index (χ4v) is 4.29. The minimum atomic E-state index is 0.160. The van der Waals surface area contributed by atoms with Gasteiger partial charge in [-0.05, 0) is 64.6 Å². The van der Waals surface area contributed by atoms with Gasteiger partial charge in [-0.3, -0.25) is 0 Å². The highest BCUT2D eigenvalue weighted by Gasteiger charge is 2.25. The number of benzene rings is 4. The van der Waals surface area contributed by atoms with Crippen LogP contribution in [-0.4, -0.2) is 31.5 Å². The van der Waals surface area contributed by atoms with Crippen LogP contribution in [0.2, 0.25) is 0 Å². The van der Waals surface area contributed by atoms with Gasteiger partial charge in [-0.1, -0.05) is 60.7 Å². The van der Waals surface area contributed by atoms with Crippen LogP contribution in [0.1, 0.15) is 16.7 Å². The third-order valence-corrected chi connectivity index (χ3v) is 6.04. The van der Waals surface area contributed by atoms with Gasteiger partial charge < -0.3 is 10.0 Å². The van der Waals surface area contributed by atoms with Crippen molar-refractivity contribution in [3.63, 3.8) is 0 Å². The van der Waals surface area contributed by atoms with Crippen molar-refractivity contribution < 1.29 is 5.11 Å². The first kappa shape index (κ1) is 20.2. The molecule has 32 heavy (non-hydrogen) atoms. The summed E-state index contributed by atoms with van der Waals surface area (Å²) in [5.41, 5.74) is 11.4. The number of nitrogens with zero attached hydrogens (tertiary/aromatic N) is 2. The lowest BCUT2D eigenvalue weighted by atomic mass is 9.98. The van der Waals surface area contributed by atoms with Crippen molar-refractivity contribution in [3.8, 4) is 22.3 Å². The Morgan fingerprint density at radius 2 is 1.34 bits per heavy atom. The summed E-state index contributed by atoms with van der Waals surface area (Å²) in [5.74, 6) is 0. The average Bonchev–Trinajstić information content (AvgIpc) is 3.13. The molecular formula is C29H26N2O. The predicted molar refractivity (Wildman–Crippen MR) is 134 cm³/mol. The Bertz CT molecular complexity index is 1290. The standard InChI is InChI=1S/C29H26N2O/c1-31(2)24-14-9-21(10-15-24)22-11-16-26-25-5-3-4-6-27(25)29(28(26)19-22)30-23-12-7-20(8-13-23)17-18-32/h3-16,19,32H,17-18H2,1-2H3. The number of hydrogen-bond donors (Lipinski definition) is 1. The van der Waals surface area contributed by atoms with Gasteiger partial charge in [0, 0.05) is 37.5 Å². The van der Waals surface area contributed by atoms with Crippen LogP contribution < -0.4 is 4.90 Å². The van der Waals surface area contributed by atoms with Gasteiger partial charge in [-0.15, -0.1) is 0 Å². The first-order valence-corrected chi connectivity index (χ1v) is 10.9. The molecule has 0 fully saturated rings. The van der Waals surface area contributed by atoms with E-state index in [0.717, 1.165) is 17.0 Å². The summed E-state index contributed by atoms with van der Waals surface area (Å²) in [6.45, 7) is 0.160. The highest BCUT2D eigenvalue weighted by molar-refractivity contribution is 6.25. The molecule has 0 heterocycles. The summed E-state index contributed by atoms with van der Waals surface area (Å²) in [6.07, 6.45) is 0.665. The maximum atomic E-state index is 9.17. The van der Waals surface area contributed by atoms with E-state index in [9.17, 15) is 0 Å². The molecule has 3 heteroatoms. The molecule has 0 spiro atoms. The predicted octanol–water partition coefficient (Wildman–Crippen LogP) is 6.10. The molecule has 5 rings (SSSR count). The number of rotatable bonds is 5. The minimum Gasteiger partial charge on any atom is -0.396 e. The van der Waals surface area contributed by atoms with Gasteiger partial charge >= 0.3 is 0 Å². The van der Waals surface area contributed by atoms with Crippen LogP contribution in [0.4, 0.5) is 11.4 Å². The third kappa shape index (κ3) is 3.72. The lowest BCUT2D eigenvalue weighted by Gasteiger charge is -2.13. The lowest BCUT2D eigenvalue weighted by Crippen LogP contribution is -2.07. The van der Waals surface area contributed by atoms with Crippen LogP contribution in [0.3, 0.4) is 0 Å². The van der Waals surface area contributed by atoms with E-state index < -0.39 is 0 Å². The van der Waals surface area contributed by atoms with Crippen molar-refractivity contribution in [2.75, 3.05) is 25.6 Å². The van der Waals surface area contributed by atoms with Crippen molar-refractivity contribution in [2.45, 2.75) is 6.42 Å². The Labute approximate surface area is 189 Å². The Morgan fingerprint density at radius 3 is 2.03 bits per heavy atom. The van der Waals surface area contributed by atoms with E-state index in [1.54, 1.807) is 0 Å². The van der Waals surface area contributed by atoms with Gasteiger partial charge in [0.2, 0.25) is 0 Å². The van der Waals surface area contributed by atoms with Crippen LogP contribution >= 0.6 is 0 Å². The van der Waals surface area contributed by atoms with Crippen molar-refractivity contribution in [3.05, 3.63) is 108 Å². The zero-order valence-electron chi connectivity index (χ0n) is 18.4. The molecule has 0 saturated carbocycles. The van der Waals surface area contributed by atoms with E-state index in [-0.39, 0.29) is 6.61 Å². The number of hydrogen-bond acceptors (Lipinski definition) is 3. The molecular weight excluding hydrogens is 392 g/mol. The number of fused-ring (bicyclic) bond motifs is 3. The third-order valence-electron chi connectivity index (χ3n) is 6.04. The fraction of sp³-hybridized carbons (Fsp3) is 0.138. The first-order valence-electron chi connectivity index (χ1n) is 10.9. The maximum Gasteiger partial charge on any atom is 0.0794 e. The Kier molecular flexibility index (Phi) is 5.34. The molecule has 4 aromatic carbocycles. The molecule has 0 unspecified atom stereocenters. The van der Waals surface area contributed by atoms with E-state index in [1.165, 1.54) is 39.1 Å². The van der Waals surface area contributed by atoms with E-state index in [1.807, 2.05) is 24.3 Å². The molecule has 1 aliphatic carbocycles. The highest BCUT2D eigenvalue weighted by Crippen LogP contribution is 2.40. The van der Waals surface area contributed by atoms with Crippen LogP contribution in [0.5, 0.6) is 0 Å². The van der Waals surface area contributed by atoms with Crippen molar-refractivity contribution in [1.82, 2.24) is 0 Å². The van der Waals surface area contributed by atoms with Crippen LogP contribution in [0, 0.1) is 0 Å². The first-order chi connectivity index (χ1) is 15.6. The van der Waals surface area contributed by atoms with Gasteiger partial charge in [0.05, 0.1) is 11.4 Å². The molecule has 4 aromatic rings. The monoisotopic (exact) mass is 418 g/mol. The van der Waals surface area contributed by atoms with Crippen LogP contribution in [0.25, 0.3) is 22.3 Å². The second kappa shape index (κ2) is 8.45. The van der Waals surface area contributed by atoms with E-state index >= 15 is 0 Å². The van der Waals surface area contributed by atoms with Gasteiger partial charge in [0.25, 0.3) is 0 Å². The SMILES string of the molecule is CN(C)c1ccc(-c2ccc3c(c2)C(=Nc2ccc(CCO)cc2)c2ccccc2-3)cc1. The van der Waals surface area contributed by atoms with Gasteiger partial charge in [-0.2, -0.15) is 0 Å². The van der Waals surface area contributed by atoms with Crippen LogP contribution in [0.15, 0.2) is 96.0 Å². The summed E-state index contributed by atoms with van der Waals surface area (Å²) in [6, 6.07) is 32.0. The Balaban J connectivity index is 1.59. The summed E-state index contributed by atoms with van der Waals surface area (Å²) < 4.78 is 0. The van der Waals surface area contributed by atoms with Gasteiger partial charge in [0.1, 0.15) is 0 Å². The zero-order valence-corrected chi connectivity index (χ0v) is 18.4. The normalized spacial score (nSPS) is 13.2. The molecule has 3 nitrogen and oxygen atoms in total. The summed E-state index contributed by atoms with van der Waals surface area (Å²) >= 11 is 0. The molecule has 0 bridgehead atoms. The number of aliphatic hydroxyl groups is 1. The molecule has 1 aliphatic rings. The second-order valence-corrected chi connectivity index (χ2v) is 8.35. The molecule has 0 aromatic heterocycles. The molecule has 0 radical (unpaired) electrons. The van der Waals surface area contributed by atoms with E-state index in [0.29, 0.717) is 6.42 Å². The minimum absolute atomic E-state index is 0.160. The quantitative estimate of drug-likeness (QED) is 0.374. The number of aliphatic hydroxyl groups excluding tert-OH is 1. The summed E-state index contributed by atoms with van der Waals surface area (Å²) in [4.78, 5) is 7.17. The molecule has 0 saturated heterocycles. The molecule has 0 atom stereocenters. The maximum absolute atomic E-state index is 9.17. The topological polar surface area (TPSA) is 35.8 Å². The van der Waals surface area contributed by atoms with Gasteiger partial charge in [0.15, 0.2) is 0 Å². The Hall–Kier alpha value is -3.69. The Morgan fingerprint density at radius 1 is 0.688 bits per heavy atom. The van der Waals surface area contributed by atoms with E-state index in [4.69, 9.17) is 10.1 Å². The molecule has 158 valence electrons. The molecule has 0 amide bonds. The van der Waals surface area contributed by atoms with Crippen molar-refractivity contribution in [2.24, 2.45) is 4.99 Å². The number of aliphatic imine (C=N–C) groups is 1. The van der Waals surface area contributed by atoms with Crippen LogP contribution in [-0.2, 0) is 6.42 Å². The zero-order chi connectivity index (χ0) is 22.1. The highest BCUT2D eigenvalue weighted by atomic mass is 16.2. The number of anilines is 1.